The van der Waals surface area contributed by atoms with Gasteiger partial charge < -0.3 is 0 Å². The summed E-state index contributed by atoms with van der Waals surface area (Å²) in [4.78, 5) is 15.8. The molecule has 0 saturated carbocycles. The largest absolute Gasteiger partial charge is 0.297 e. The zero-order chi connectivity index (χ0) is 12.0. The average Bonchev–Trinajstić information content (AvgIpc) is 2.72. The summed E-state index contributed by atoms with van der Waals surface area (Å²) in [6.45, 7) is 3.62. The van der Waals surface area contributed by atoms with E-state index < -0.39 is 0 Å². The molecular weight excluding hydrogens is 212 g/mol. The molecule has 0 N–H and O–H groups in total. The number of carbonyl (C=O) groups excluding carboxylic acids is 1. The number of carbonyl (C=O) groups is 1. The summed E-state index contributed by atoms with van der Waals surface area (Å²) < 4.78 is 1.85. The molecule has 1 aromatic carbocycles. The SMILES string of the molecule is CC(=O)c1cnc2c3ccc(C)cc3ccn12. The number of hydrogen-bond acceptors (Lipinski definition) is 2. The number of benzene rings is 1. The van der Waals surface area contributed by atoms with E-state index in [2.05, 4.69) is 30.1 Å². The molecule has 0 bridgehead atoms. The van der Waals surface area contributed by atoms with Crippen molar-refractivity contribution >= 4 is 22.2 Å². The van der Waals surface area contributed by atoms with E-state index in [0.717, 1.165) is 16.4 Å². The number of fused-ring (bicyclic) bond motifs is 3. The first kappa shape index (κ1) is 10.0. The molecule has 0 aliphatic heterocycles. The Balaban J connectivity index is 2.45. The van der Waals surface area contributed by atoms with E-state index in [1.54, 1.807) is 13.1 Å². The highest BCUT2D eigenvalue weighted by atomic mass is 16.1. The summed E-state index contributed by atoms with van der Waals surface area (Å²) in [5, 5.41) is 2.23. The third kappa shape index (κ3) is 1.43. The Morgan fingerprint density at radius 3 is 2.88 bits per heavy atom. The fourth-order valence-corrected chi connectivity index (χ4v) is 2.15. The highest BCUT2D eigenvalue weighted by Gasteiger charge is 2.09. The molecular formula is C14H12N2O. The molecule has 2 heterocycles. The van der Waals surface area contributed by atoms with Gasteiger partial charge in [-0.05, 0) is 18.4 Å². The first-order valence-corrected chi connectivity index (χ1v) is 5.54. The summed E-state index contributed by atoms with van der Waals surface area (Å²) >= 11 is 0. The molecule has 0 radical (unpaired) electrons. The molecule has 0 amide bonds. The van der Waals surface area contributed by atoms with Gasteiger partial charge in [0.2, 0.25) is 0 Å². The lowest BCUT2D eigenvalue weighted by Crippen LogP contribution is -1.98. The molecule has 0 aliphatic carbocycles. The first-order valence-electron chi connectivity index (χ1n) is 5.54. The molecule has 0 spiro atoms. The van der Waals surface area contributed by atoms with E-state index in [9.17, 15) is 4.79 Å². The second kappa shape index (κ2) is 3.42. The van der Waals surface area contributed by atoms with Crippen LogP contribution >= 0.6 is 0 Å². The second-order valence-corrected chi connectivity index (χ2v) is 4.30. The maximum Gasteiger partial charge on any atom is 0.178 e. The van der Waals surface area contributed by atoms with Crippen molar-refractivity contribution in [3.8, 4) is 0 Å². The van der Waals surface area contributed by atoms with Crippen LogP contribution in [0.3, 0.4) is 0 Å². The molecule has 3 aromatic rings. The summed E-state index contributed by atoms with van der Waals surface area (Å²) in [7, 11) is 0. The lowest BCUT2D eigenvalue weighted by molar-refractivity contribution is 0.101. The Hall–Kier alpha value is -2.16. The number of nitrogens with zero attached hydrogens (tertiary/aromatic N) is 2. The van der Waals surface area contributed by atoms with Crippen molar-refractivity contribution in [3.05, 3.63) is 47.9 Å². The lowest BCUT2D eigenvalue weighted by Gasteiger charge is -2.03. The quantitative estimate of drug-likeness (QED) is 0.595. The summed E-state index contributed by atoms with van der Waals surface area (Å²) in [6, 6.07) is 8.25. The minimum atomic E-state index is 0.0314. The van der Waals surface area contributed by atoms with Crippen LogP contribution < -0.4 is 0 Å². The van der Waals surface area contributed by atoms with Gasteiger partial charge in [-0.3, -0.25) is 9.20 Å². The molecule has 84 valence electrons. The van der Waals surface area contributed by atoms with Crippen LogP contribution in [0.15, 0.2) is 36.7 Å². The number of pyridine rings is 1. The number of aromatic nitrogens is 2. The van der Waals surface area contributed by atoms with Crippen molar-refractivity contribution in [1.82, 2.24) is 9.38 Å². The van der Waals surface area contributed by atoms with Crippen LogP contribution in [0, 0.1) is 6.92 Å². The summed E-state index contributed by atoms with van der Waals surface area (Å²) in [6.07, 6.45) is 3.54. The number of ketones is 1. The van der Waals surface area contributed by atoms with Crippen molar-refractivity contribution in [3.63, 3.8) is 0 Å². The van der Waals surface area contributed by atoms with E-state index in [-0.39, 0.29) is 5.78 Å². The highest BCUT2D eigenvalue weighted by Crippen LogP contribution is 2.21. The number of imidazole rings is 1. The third-order valence-corrected chi connectivity index (χ3v) is 3.01. The number of Topliss-reactive ketones (excluding diaryl/α,β-unsaturated/α-hetero) is 1. The fourth-order valence-electron chi connectivity index (χ4n) is 2.15. The molecule has 2 aromatic heterocycles. The fraction of sp³-hybridized carbons (Fsp3) is 0.143. The van der Waals surface area contributed by atoms with Gasteiger partial charge >= 0.3 is 0 Å². The van der Waals surface area contributed by atoms with Gasteiger partial charge in [0.25, 0.3) is 0 Å². The van der Waals surface area contributed by atoms with Gasteiger partial charge in [-0.2, -0.15) is 0 Å². The van der Waals surface area contributed by atoms with Crippen molar-refractivity contribution in [2.24, 2.45) is 0 Å². The van der Waals surface area contributed by atoms with Crippen molar-refractivity contribution in [2.45, 2.75) is 13.8 Å². The predicted molar refractivity (Wildman–Crippen MR) is 67.4 cm³/mol. The molecule has 0 unspecified atom stereocenters. The zero-order valence-corrected chi connectivity index (χ0v) is 9.77. The Morgan fingerprint density at radius 2 is 2.12 bits per heavy atom. The van der Waals surface area contributed by atoms with E-state index >= 15 is 0 Å². The Labute approximate surface area is 98.7 Å². The van der Waals surface area contributed by atoms with Crippen molar-refractivity contribution in [2.75, 3.05) is 0 Å². The second-order valence-electron chi connectivity index (χ2n) is 4.30. The Kier molecular flexibility index (Phi) is 2.01. The van der Waals surface area contributed by atoms with Crippen LogP contribution in [0.25, 0.3) is 16.4 Å². The van der Waals surface area contributed by atoms with Crippen LogP contribution in [0.4, 0.5) is 0 Å². The van der Waals surface area contributed by atoms with Gasteiger partial charge in [0.15, 0.2) is 5.78 Å². The van der Waals surface area contributed by atoms with Gasteiger partial charge in [0.05, 0.1) is 6.20 Å². The summed E-state index contributed by atoms with van der Waals surface area (Å²) in [5.41, 5.74) is 2.69. The Morgan fingerprint density at radius 1 is 1.29 bits per heavy atom. The molecule has 0 saturated heterocycles. The highest BCUT2D eigenvalue weighted by molar-refractivity contribution is 5.98. The van der Waals surface area contributed by atoms with Crippen LogP contribution in [-0.2, 0) is 0 Å². The molecule has 0 fully saturated rings. The zero-order valence-electron chi connectivity index (χ0n) is 9.77. The minimum Gasteiger partial charge on any atom is -0.297 e. The molecule has 0 atom stereocenters. The molecule has 3 rings (SSSR count). The number of aryl methyl sites for hydroxylation is 1. The first-order chi connectivity index (χ1) is 8.16. The van der Waals surface area contributed by atoms with E-state index in [4.69, 9.17) is 0 Å². The molecule has 3 heteroatoms. The topological polar surface area (TPSA) is 34.4 Å². The van der Waals surface area contributed by atoms with E-state index in [1.807, 2.05) is 16.7 Å². The third-order valence-electron chi connectivity index (χ3n) is 3.01. The van der Waals surface area contributed by atoms with Crippen LogP contribution in [-0.4, -0.2) is 15.2 Å². The molecule has 0 aliphatic rings. The van der Waals surface area contributed by atoms with Gasteiger partial charge in [-0.25, -0.2) is 4.98 Å². The van der Waals surface area contributed by atoms with Crippen LogP contribution in [0.5, 0.6) is 0 Å². The van der Waals surface area contributed by atoms with Gasteiger partial charge in [0.1, 0.15) is 11.3 Å². The van der Waals surface area contributed by atoms with Crippen LogP contribution in [0.2, 0.25) is 0 Å². The average molecular weight is 224 g/mol. The number of rotatable bonds is 1. The monoisotopic (exact) mass is 224 g/mol. The van der Waals surface area contributed by atoms with Gasteiger partial charge in [-0.1, -0.05) is 23.8 Å². The van der Waals surface area contributed by atoms with Crippen LogP contribution in [0.1, 0.15) is 23.0 Å². The normalized spacial score (nSPS) is 11.2. The van der Waals surface area contributed by atoms with Gasteiger partial charge in [0, 0.05) is 18.5 Å². The standard InChI is InChI=1S/C14H12N2O/c1-9-3-4-12-11(7-9)5-6-16-13(10(2)17)8-15-14(12)16/h3-8H,1-2H3. The maximum absolute atomic E-state index is 11.4. The van der Waals surface area contributed by atoms with Crippen molar-refractivity contribution < 1.29 is 4.79 Å². The smallest absolute Gasteiger partial charge is 0.178 e. The van der Waals surface area contributed by atoms with E-state index in [1.165, 1.54) is 5.56 Å². The van der Waals surface area contributed by atoms with Gasteiger partial charge in [-0.15, -0.1) is 0 Å². The van der Waals surface area contributed by atoms with Crippen molar-refractivity contribution in [1.29, 1.82) is 0 Å². The maximum atomic E-state index is 11.4. The number of hydrogen-bond donors (Lipinski definition) is 0. The molecule has 3 nitrogen and oxygen atoms in total. The molecule has 17 heavy (non-hydrogen) atoms. The van der Waals surface area contributed by atoms with E-state index in [0.29, 0.717) is 5.69 Å². The lowest BCUT2D eigenvalue weighted by atomic mass is 10.1. The predicted octanol–water partition coefficient (Wildman–Crippen LogP) is 3.00. The minimum absolute atomic E-state index is 0.0314. The Bertz CT molecular complexity index is 740. The summed E-state index contributed by atoms with van der Waals surface area (Å²) in [5.74, 6) is 0.0314.